The van der Waals surface area contributed by atoms with Crippen LogP contribution in [0, 0.1) is 0 Å². The van der Waals surface area contributed by atoms with Crippen molar-refractivity contribution in [1.82, 2.24) is 0 Å². The monoisotopic (exact) mass is 429 g/mol. The molecule has 1 aliphatic heterocycles. The molecule has 7 nitrogen and oxygen atoms in total. The van der Waals surface area contributed by atoms with Crippen LogP contribution in [0.3, 0.4) is 0 Å². The van der Waals surface area contributed by atoms with Gasteiger partial charge < -0.3 is 30.2 Å². The summed E-state index contributed by atoms with van der Waals surface area (Å²) in [6.45, 7) is 1.64. The van der Waals surface area contributed by atoms with Crippen molar-refractivity contribution in [2.75, 3.05) is 6.61 Å². The molecule has 0 bridgehead atoms. The molecule has 0 spiro atoms. The van der Waals surface area contributed by atoms with Gasteiger partial charge in [-0.15, -0.1) is 0 Å². The standard InChI is InChI=1S/C24H31NO6/c1-2-9-20(27)24(30-16-18-12-7-4-8-13-18)23(25)22(21(28)19(14-26)31-24)29-15-17-10-5-3-6-11-17/h3-8,10-13,19,21-23,26,28H,2,9,14-16,25H2,1H3/t19-,21-,22+,23-,24?/m1/s1. The number of carbonyl (C=O) groups is 1. The van der Waals surface area contributed by atoms with E-state index in [4.69, 9.17) is 19.9 Å². The first-order chi connectivity index (χ1) is 15.0. The van der Waals surface area contributed by atoms with Gasteiger partial charge in [0, 0.05) is 6.42 Å². The first-order valence-electron chi connectivity index (χ1n) is 10.6. The fourth-order valence-electron chi connectivity index (χ4n) is 3.76. The second-order valence-corrected chi connectivity index (χ2v) is 7.73. The zero-order valence-electron chi connectivity index (χ0n) is 17.7. The average molecular weight is 430 g/mol. The molecule has 0 saturated carbocycles. The molecule has 1 fully saturated rings. The van der Waals surface area contributed by atoms with Gasteiger partial charge in [0.2, 0.25) is 5.79 Å². The summed E-state index contributed by atoms with van der Waals surface area (Å²) >= 11 is 0. The lowest BCUT2D eigenvalue weighted by Gasteiger charge is -2.49. The van der Waals surface area contributed by atoms with Gasteiger partial charge in [-0.25, -0.2) is 0 Å². The van der Waals surface area contributed by atoms with Crippen LogP contribution >= 0.6 is 0 Å². The number of hydrogen-bond donors (Lipinski definition) is 3. The molecule has 1 unspecified atom stereocenters. The number of ether oxygens (including phenoxy) is 3. The lowest BCUT2D eigenvalue weighted by molar-refractivity contribution is -0.322. The van der Waals surface area contributed by atoms with Crippen LogP contribution in [0.15, 0.2) is 60.7 Å². The highest BCUT2D eigenvalue weighted by Gasteiger charge is 2.58. The molecule has 2 aromatic carbocycles. The molecular formula is C24H31NO6. The third kappa shape index (κ3) is 5.38. The largest absolute Gasteiger partial charge is 0.394 e. The molecule has 1 aliphatic rings. The van der Waals surface area contributed by atoms with E-state index in [1.807, 2.05) is 67.6 Å². The van der Waals surface area contributed by atoms with E-state index in [1.54, 1.807) is 0 Å². The first kappa shape index (κ1) is 23.5. The van der Waals surface area contributed by atoms with Crippen LogP contribution in [0.5, 0.6) is 0 Å². The number of benzene rings is 2. The number of aliphatic hydroxyl groups is 2. The molecule has 7 heteroatoms. The Bertz CT molecular complexity index is 817. The molecule has 2 aromatic rings. The highest BCUT2D eigenvalue weighted by atomic mass is 16.7. The third-order valence-corrected chi connectivity index (χ3v) is 5.46. The minimum atomic E-state index is -1.83. The summed E-state index contributed by atoms with van der Waals surface area (Å²) in [7, 11) is 0. The van der Waals surface area contributed by atoms with Gasteiger partial charge >= 0.3 is 0 Å². The second kappa shape index (κ2) is 10.9. The van der Waals surface area contributed by atoms with Gasteiger partial charge in [0.25, 0.3) is 0 Å². The summed E-state index contributed by atoms with van der Waals surface area (Å²) in [4.78, 5) is 13.2. The molecular weight excluding hydrogens is 398 g/mol. The van der Waals surface area contributed by atoms with Gasteiger partial charge in [-0.05, 0) is 17.5 Å². The van der Waals surface area contributed by atoms with E-state index in [2.05, 4.69) is 0 Å². The summed E-state index contributed by atoms with van der Waals surface area (Å²) in [5, 5.41) is 20.6. The van der Waals surface area contributed by atoms with Crippen molar-refractivity contribution in [3.05, 3.63) is 71.8 Å². The Labute approximate surface area is 182 Å². The molecule has 0 aromatic heterocycles. The van der Waals surface area contributed by atoms with E-state index in [9.17, 15) is 15.0 Å². The minimum Gasteiger partial charge on any atom is -0.394 e. The predicted octanol–water partition coefficient (Wildman–Crippen LogP) is 1.93. The summed E-state index contributed by atoms with van der Waals surface area (Å²) in [5.41, 5.74) is 8.22. The van der Waals surface area contributed by atoms with Crippen molar-refractivity contribution < 1.29 is 29.2 Å². The van der Waals surface area contributed by atoms with Gasteiger partial charge in [-0.2, -0.15) is 0 Å². The maximum absolute atomic E-state index is 13.2. The molecule has 1 saturated heterocycles. The summed E-state index contributed by atoms with van der Waals surface area (Å²) in [6, 6.07) is 17.7. The molecule has 1 heterocycles. The Morgan fingerprint density at radius 2 is 1.65 bits per heavy atom. The maximum atomic E-state index is 13.2. The number of aliphatic hydroxyl groups excluding tert-OH is 2. The Morgan fingerprint density at radius 3 is 2.19 bits per heavy atom. The smallest absolute Gasteiger partial charge is 0.248 e. The molecule has 3 rings (SSSR count). The van der Waals surface area contributed by atoms with Crippen LogP contribution in [-0.2, 0) is 32.2 Å². The Balaban J connectivity index is 1.87. The van der Waals surface area contributed by atoms with E-state index in [-0.39, 0.29) is 25.4 Å². The number of carbonyl (C=O) groups excluding carboxylic acids is 1. The average Bonchev–Trinajstić information content (AvgIpc) is 2.80. The van der Waals surface area contributed by atoms with Crippen LogP contribution in [0.25, 0.3) is 0 Å². The zero-order valence-corrected chi connectivity index (χ0v) is 17.7. The molecule has 5 atom stereocenters. The van der Waals surface area contributed by atoms with Crippen molar-refractivity contribution >= 4 is 5.78 Å². The highest BCUT2D eigenvalue weighted by molar-refractivity contribution is 5.87. The van der Waals surface area contributed by atoms with Crippen molar-refractivity contribution in [2.24, 2.45) is 5.73 Å². The summed E-state index contributed by atoms with van der Waals surface area (Å²) in [5.74, 6) is -2.17. The first-order valence-corrected chi connectivity index (χ1v) is 10.6. The fourth-order valence-corrected chi connectivity index (χ4v) is 3.76. The van der Waals surface area contributed by atoms with Crippen molar-refractivity contribution in [3.63, 3.8) is 0 Å². The van der Waals surface area contributed by atoms with E-state index in [1.165, 1.54) is 0 Å². The Kier molecular flexibility index (Phi) is 8.31. The van der Waals surface area contributed by atoms with Gasteiger partial charge in [0.1, 0.15) is 18.3 Å². The summed E-state index contributed by atoms with van der Waals surface area (Å²) < 4.78 is 17.9. The maximum Gasteiger partial charge on any atom is 0.248 e. The van der Waals surface area contributed by atoms with Crippen molar-refractivity contribution in [1.29, 1.82) is 0 Å². The Hall–Kier alpha value is -2.13. The number of Topliss-reactive ketones (excluding diaryl/α,β-unsaturated/α-hetero) is 1. The molecule has 168 valence electrons. The predicted molar refractivity (Wildman–Crippen MR) is 115 cm³/mol. The minimum absolute atomic E-state index is 0.0869. The van der Waals surface area contributed by atoms with Gasteiger partial charge in [-0.3, -0.25) is 4.79 Å². The quantitative estimate of drug-likeness (QED) is 0.529. The highest BCUT2D eigenvalue weighted by Crippen LogP contribution is 2.35. The van der Waals surface area contributed by atoms with Crippen molar-refractivity contribution in [2.45, 2.75) is 63.1 Å². The number of rotatable bonds is 10. The lowest BCUT2D eigenvalue weighted by atomic mass is 9.86. The van der Waals surface area contributed by atoms with E-state index >= 15 is 0 Å². The SMILES string of the molecule is CCCC(=O)C1(OCc2ccccc2)O[C@H](CO)[C@@H](O)[C@H](OCc2ccccc2)[C@H]1N. The van der Waals surface area contributed by atoms with Crippen LogP contribution in [0.4, 0.5) is 0 Å². The third-order valence-electron chi connectivity index (χ3n) is 5.46. The topological polar surface area (TPSA) is 111 Å². The van der Waals surface area contributed by atoms with E-state index < -0.39 is 36.7 Å². The molecule has 31 heavy (non-hydrogen) atoms. The number of ketones is 1. The second-order valence-electron chi connectivity index (χ2n) is 7.73. The van der Waals surface area contributed by atoms with Gasteiger partial charge in [0.15, 0.2) is 5.78 Å². The van der Waals surface area contributed by atoms with Gasteiger partial charge in [0.05, 0.1) is 25.9 Å². The van der Waals surface area contributed by atoms with Crippen LogP contribution < -0.4 is 5.73 Å². The van der Waals surface area contributed by atoms with Crippen LogP contribution in [0.2, 0.25) is 0 Å². The van der Waals surface area contributed by atoms with Crippen LogP contribution in [0.1, 0.15) is 30.9 Å². The lowest BCUT2D eigenvalue weighted by Crippen LogP contribution is -2.72. The number of nitrogens with two attached hydrogens (primary N) is 1. The van der Waals surface area contributed by atoms with Crippen molar-refractivity contribution in [3.8, 4) is 0 Å². The number of hydrogen-bond acceptors (Lipinski definition) is 7. The zero-order chi connectivity index (χ0) is 22.3. The Morgan fingerprint density at radius 1 is 1.06 bits per heavy atom. The van der Waals surface area contributed by atoms with Crippen LogP contribution in [-0.4, -0.2) is 52.7 Å². The normalized spacial score (nSPS) is 28.4. The summed E-state index contributed by atoms with van der Waals surface area (Å²) in [6.07, 6.45) is -2.50. The molecule has 0 radical (unpaired) electrons. The van der Waals surface area contributed by atoms with E-state index in [0.717, 1.165) is 11.1 Å². The molecule has 0 aliphatic carbocycles. The van der Waals surface area contributed by atoms with Gasteiger partial charge in [-0.1, -0.05) is 67.6 Å². The molecule has 4 N–H and O–H groups in total. The van der Waals surface area contributed by atoms with E-state index in [0.29, 0.717) is 6.42 Å². The fraction of sp³-hybridized carbons (Fsp3) is 0.458. The molecule has 0 amide bonds.